The van der Waals surface area contributed by atoms with Crippen LogP contribution in [0.25, 0.3) is 0 Å². The quantitative estimate of drug-likeness (QED) is 0.514. The van der Waals surface area contributed by atoms with Crippen molar-refractivity contribution < 1.29 is 0 Å². The molecule has 2 rings (SSSR count). The van der Waals surface area contributed by atoms with E-state index in [1.165, 1.54) is 16.0 Å². The second-order valence-electron chi connectivity index (χ2n) is 4.34. The summed E-state index contributed by atoms with van der Waals surface area (Å²) in [6.45, 7) is 6.37. The van der Waals surface area contributed by atoms with E-state index in [9.17, 15) is 0 Å². The average Bonchev–Trinajstić information content (AvgIpc) is 2.55. The van der Waals surface area contributed by atoms with Gasteiger partial charge in [0.25, 0.3) is 0 Å². The summed E-state index contributed by atoms with van der Waals surface area (Å²) in [7, 11) is 0. The molecule has 0 aliphatic carbocycles. The molecule has 0 fully saturated rings. The highest BCUT2D eigenvalue weighted by molar-refractivity contribution is 8.01. The average molecular weight is 228 g/mol. The zero-order valence-corrected chi connectivity index (χ0v) is 10.8. The Morgan fingerprint density at radius 2 is 2.25 bits per heavy atom. The minimum Gasteiger partial charge on any atom is -0.119 e. The number of terminal acetylenes is 1. The van der Waals surface area contributed by atoms with Gasteiger partial charge in [-0.2, -0.15) is 0 Å². The van der Waals surface area contributed by atoms with Crippen molar-refractivity contribution in [2.24, 2.45) is 0 Å². The molecule has 0 spiro atoms. The van der Waals surface area contributed by atoms with Crippen molar-refractivity contribution in [1.29, 1.82) is 0 Å². The second-order valence-corrected chi connectivity index (χ2v) is 5.84. The molecule has 0 nitrogen and oxygen atoms in total. The van der Waals surface area contributed by atoms with Crippen molar-refractivity contribution in [3.8, 4) is 12.3 Å². The third-order valence-electron chi connectivity index (χ3n) is 3.18. The van der Waals surface area contributed by atoms with Gasteiger partial charge in [0.2, 0.25) is 0 Å². The summed E-state index contributed by atoms with van der Waals surface area (Å²) < 4.78 is -0.138. The van der Waals surface area contributed by atoms with Crippen LogP contribution in [0.3, 0.4) is 0 Å². The van der Waals surface area contributed by atoms with Crippen LogP contribution in [0, 0.1) is 19.3 Å². The predicted molar refractivity (Wildman–Crippen MR) is 71.8 cm³/mol. The molecule has 0 saturated carbocycles. The van der Waals surface area contributed by atoms with E-state index in [-0.39, 0.29) is 4.75 Å². The van der Waals surface area contributed by atoms with Gasteiger partial charge < -0.3 is 0 Å². The van der Waals surface area contributed by atoms with Crippen LogP contribution in [0.15, 0.2) is 35.2 Å². The highest BCUT2D eigenvalue weighted by Crippen LogP contribution is 2.54. The van der Waals surface area contributed by atoms with Crippen LogP contribution in [0.5, 0.6) is 0 Å². The highest BCUT2D eigenvalue weighted by atomic mass is 32.2. The lowest BCUT2D eigenvalue weighted by Gasteiger charge is -2.23. The lowest BCUT2D eigenvalue weighted by atomic mass is 9.85. The SMILES string of the molecule is C#CC1(C)Sc2cccc(C)c2C1/C=C\C. The smallest absolute Gasteiger partial charge is 0.0884 e. The molecule has 0 N–H and O–H groups in total. The molecule has 2 atom stereocenters. The first-order chi connectivity index (χ1) is 7.62. The van der Waals surface area contributed by atoms with Crippen molar-refractivity contribution in [1.82, 2.24) is 0 Å². The Kier molecular flexibility index (Phi) is 2.86. The molecule has 2 unspecified atom stereocenters. The van der Waals surface area contributed by atoms with E-state index in [2.05, 4.69) is 57.0 Å². The third-order valence-corrected chi connectivity index (χ3v) is 4.55. The van der Waals surface area contributed by atoms with Gasteiger partial charge in [-0.3, -0.25) is 0 Å². The number of thioether (sulfide) groups is 1. The molecule has 0 saturated heterocycles. The van der Waals surface area contributed by atoms with Crippen LogP contribution >= 0.6 is 11.8 Å². The molecule has 0 aromatic heterocycles. The zero-order chi connectivity index (χ0) is 11.8. The van der Waals surface area contributed by atoms with Crippen molar-refractivity contribution in [3.63, 3.8) is 0 Å². The van der Waals surface area contributed by atoms with Gasteiger partial charge in [0.1, 0.15) is 0 Å². The van der Waals surface area contributed by atoms with Crippen LogP contribution in [0.4, 0.5) is 0 Å². The van der Waals surface area contributed by atoms with Crippen LogP contribution < -0.4 is 0 Å². The lowest BCUT2D eigenvalue weighted by molar-refractivity contribution is 0.725. The van der Waals surface area contributed by atoms with E-state index in [0.717, 1.165) is 0 Å². The predicted octanol–water partition coefficient (Wildman–Crippen LogP) is 4.15. The molecule has 1 aliphatic rings. The van der Waals surface area contributed by atoms with E-state index >= 15 is 0 Å². The summed E-state index contributed by atoms with van der Waals surface area (Å²) in [5.74, 6) is 3.30. The lowest BCUT2D eigenvalue weighted by Crippen LogP contribution is -2.21. The maximum Gasteiger partial charge on any atom is 0.0884 e. The van der Waals surface area contributed by atoms with Gasteiger partial charge in [-0.25, -0.2) is 0 Å². The Bertz CT molecular complexity index is 479. The van der Waals surface area contributed by atoms with Gasteiger partial charge in [0.05, 0.1) is 4.75 Å². The van der Waals surface area contributed by atoms with E-state index in [1.54, 1.807) is 0 Å². The minimum atomic E-state index is -0.138. The van der Waals surface area contributed by atoms with E-state index in [0.29, 0.717) is 5.92 Å². The number of aryl methyl sites for hydroxylation is 1. The Morgan fingerprint density at radius 3 is 2.88 bits per heavy atom. The minimum absolute atomic E-state index is 0.138. The second kappa shape index (κ2) is 4.03. The molecule has 1 heteroatoms. The zero-order valence-electron chi connectivity index (χ0n) is 9.95. The molecule has 82 valence electrons. The maximum atomic E-state index is 5.71. The van der Waals surface area contributed by atoms with Crippen molar-refractivity contribution in [2.75, 3.05) is 0 Å². The number of benzene rings is 1. The summed E-state index contributed by atoms with van der Waals surface area (Å²) in [5, 5.41) is 0. The molecule has 0 amide bonds. The number of rotatable bonds is 1. The summed E-state index contributed by atoms with van der Waals surface area (Å²) in [6.07, 6.45) is 10.0. The Balaban J connectivity index is 2.60. The molecule has 16 heavy (non-hydrogen) atoms. The van der Waals surface area contributed by atoms with Crippen molar-refractivity contribution in [2.45, 2.75) is 36.3 Å². The topological polar surface area (TPSA) is 0 Å². The van der Waals surface area contributed by atoms with Crippen molar-refractivity contribution >= 4 is 11.8 Å². The molecule has 1 aliphatic heterocycles. The van der Waals surface area contributed by atoms with E-state index in [1.807, 2.05) is 11.8 Å². The van der Waals surface area contributed by atoms with Crippen LogP contribution in [-0.2, 0) is 0 Å². The van der Waals surface area contributed by atoms with Crippen LogP contribution in [-0.4, -0.2) is 4.75 Å². The molecule has 0 bridgehead atoms. The summed E-state index contributed by atoms with van der Waals surface area (Å²) in [4.78, 5) is 1.34. The monoisotopic (exact) mass is 228 g/mol. The standard InChI is InChI=1S/C15H16S/c1-5-8-12-14-11(3)9-7-10-13(14)16-15(12,4)6-2/h2,5,7-10,12H,1,3-4H3/b8-5-. The summed E-state index contributed by atoms with van der Waals surface area (Å²) in [6, 6.07) is 6.44. The fraction of sp³-hybridized carbons (Fsp3) is 0.333. The van der Waals surface area contributed by atoms with Gasteiger partial charge in [-0.1, -0.05) is 30.2 Å². The Morgan fingerprint density at radius 1 is 1.50 bits per heavy atom. The molecular weight excluding hydrogens is 212 g/mol. The molecule has 1 aromatic rings. The molecule has 1 aromatic carbocycles. The van der Waals surface area contributed by atoms with Gasteiger partial charge in [0, 0.05) is 10.8 Å². The van der Waals surface area contributed by atoms with Crippen LogP contribution in [0.2, 0.25) is 0 Å². The van der Waals surface area contributed by atoms with Crippen molar-refractivity contribution in [3.05, 3.63) is 41.5 Å². The highest BCUT2D eigenvalue weighted by Gasteiger charge is 2.41. The van der Waals surface area contributed by atoms with Gasteiger partial charge >= 0.3 is 0 Å². The fourth-order valence-corrected chi connectivity index (χ4v) is 3.68. The first-order valence-electron chi connectivity index (χ1n) is 5.51. The van der Waals surface area contributed by atoms with Gasteiger partial charge in [0.15, 0.2) is 0 Å². The first kappa shape index (κ1) is 11.4. The largest absolute Gasteiger partial charge is 0.119 e. The van der Waals surface area contributed by atoms with E-state index in [4.69, 9.17) is 6.42 Å². The maximum absolute atomic E-state index is 5.71. The summed E-state index contributed by atoms with van der Waals surface area (Å²) >= 11 is 1.81. The van der Waals surface area contributed by atoms with E-state index < -0.39 is 0 Å². The Hall–Kier alpha value is -1.13. The normalized spacial score (nSPS) is 28.0. The molecule has 1 heterocycles. The number of allylic oxidation sites excluding steroid dienone is 2. The first-order valence-corrected chi connectivity index (χ1v) is 6.33. The number of fused-ring (bicyclic) bond motifs is 1. The molecular formula is C15H16S. The Labute approximate surface area is 102 Å². The van der Waals surface area contributed by atoms with Gasteiger partial charge in [-0.15, -0.1) is 18.2 Å². The van der Waals surface area contributed by atoms with Gasteiger partial charge in [-0.05, 0) is 38.0 Å². The van der Waals surface area contributed by atoms with Crippen LogP contribution in [0.1, 0.15) is 30.9 Å². The molecule has 0 radical (unpaired) electrons. The summed E-state index contributed by atoms with van der Waals surface area (Å²) in [5.41, 5.74) is 2.75. The third kappa shape index (κ3) is 1.58. The number of hydrogen-bond acceptors (Lipinski definition) is 1. The fourth-order valence-electron chi connectivity index (χ4n) is 2.30. The number of hydrogen-bond donors (Lipinski definition) is 0.